The zero-order valence-corrected chi connectivity index (χ0v) is 12.2. The molecule has 2 rings (SSSR count). The zero-order valence-electron chi connectivity index (χ0n) is 11.4. The average Bonchev–Trinajstić information content (AvgIpc) is 2.49. The molecule has 2 aromatic rings. The Kier molecular flexibility index (Phi) is 5.03. The van der Waals surface area contributed by atoms with Gasteiger partial charge in [0.2, 0.25) is 0 Å². The fourth-order valence-electron chi connectivity index (χ4n) is 1.85. The fraction of sp³-hybridized carbons (Fsp3) is 0.200. The first-order valence-electron chi connectivity index (χ1n) is 6.24. The van der Waals surface area contributed by atoms with E-state index in [2.05, 4.69) is 0 Å². The van der Waals surface area contributed by atoms with Crippen LogP contribution in [0.3, 0.4) is 0 Å². The van der Waals surface area contributed by atoms with E-state index in [0.29, 0.717) is 5.75 Å². The number of halogens is 2. The molecule has 0 saturated heterocycles. The Morgan fingerprint density at radius 3 is 2.62 bits per heavy atom. The highest BCUT2D eigenvalue weighted by molar-refractivity contribution is 7.85. The van der Waals surface area contributed by atoms with Gasteiger partial charge in [0.05, 0.1) is 17.9 Å². The van der Waals surface area contributed by atoms with Crippen LogP contribution in [-0.2, 0) is 10.8 Å². The van der Waals surface area contributed by atoms with Crippen LogP contribution < -0.4 is 10.5 Å². The van der Waals surface area contributed by atoms with Crippen LogP contribution in [0.5, 0.6) is 5.75 Å². The van der Waals surface area contributed by atoms with Gasteiger partial charge in [0.25, 0.3) is 0 Å². The Balaban J connectivity index is 2.12. The number of rotatable bonds is 5. The first-order valence-corrected chi connectivity index (χ1v) is 7.56. The average molecular weight is 311 g/mol. The van der Waals surface area contributed by atoms with Gasteiger partial charge in [-0.3, -0.25) is 4.21 Å². The third-order valence-electron chi connectivity index (χ3n) is 3.01. The molecule has 0 aliphatic carbocycles. The van der Waals surface area contributed by atoms with Crippen LogP contribution in [0.2, 0.25) is 0 Å². The SMILES string of the molecule is COc1cccc(C(N)CS(=O)c2ccc(F)c(F)c2)c1. The summed E-state index contributed by atoms with van der Waals surface area (Å²) in [5.41, 5.74) is 6.78. The van der Waals surface area contributed by atoms with Gasteiger partial charge in [-0.1, -0.05) is 12.1 Å². The van der Waals surface area contributed by atoms with Gasteiger partial charge in [-0.25, -0.2) is 8.78 Å². The molecule has 0 aliphatic rings. The van der Waals surface area contributed by atoms with Gasteiger partial charge in [-0.05, 0) is 35.9 Å². The predicted octanol–water partition coefficient (Wildman–Crippen LogP) is 2.78. The topological polar surface area (TPSA) is 52.3 Å². The van der Waals surface area contributed by atoms with E-state index in [-0.39, 0.29) is 10.6 Å². The first kappa shape index (κ1) is 15.6. The summed E-state index contributed by atoms with van der Waals surface area (Å²) in [5, 5.41) is 0. The number of ether oxygens (including phenoxy) is 1. The third-order valence-corrected chi connectivity index (χ3v) is 4.45. The quantitative estimate of drug-likeness (QED) is 0.924. The summed E-state index contributed by atoms with van der Waals surface area (Å²) in [6, 6.07) is 9.82. The minimum atomic E-state index is -1.51. The summed E-state index contributed by atoms with van der Waals surface area (Å²) in [5.74, 6) is -1.22. The number of hydrogen-bond acceptors (Lipinski definition) is 3. The highest BCUT2D eigenvalue weighted by Gasteiger charge is 2.14. The van der Waals surface area contributed by atoms with Crippen molar-refractivity contribution in [1.82, 2.24) is 0 Å². The number of benzene rings is 2. The summed E-state index contributed by atoms with van der Waals surface area (Å²) in [7, 11) is 0.0321. The van der Waals surface area contributed by atoms with Crippen molar-refractivity contribution in [2.24, 2.45) is 5.73 Å². The molecule has 2 unspecified atom stereocenters. The molecule has 0 fully saturated rings. The monoisotopic (exact) mass is 311 g/mol. The second-order valence-electron chi connectivity index (χ2n) is 4.47. The van der Waals surface area contributed by atoms with Crippen molar-refractivity contribution in [3.05, 3.63) is 59.7 Å². The van der Waals surface area contributed by atoms with Crippen LogP contribution in [0, 0.1) is 11.6 Å². The lowest BCUT2D eigenvalue weighted by Crippen LogP contribution is -2.18. The Morgan fingerprint density at radius 1 is 1.19 bits per heavy atom. The largest absolute Gasteiger partial charge is 0.497 e. The molecule has 0 amide bonds. The zero-order chi connectivity index (χ0) is 15.4. The number of hydrogen-bond donors (Lipinski definition) is 1. The molecule has 0 bridgehead atoms. The van der Waals surface area contributed by atoms with Crippen LogP contribution in [0.15, 0.2) is 47.4 Å². The minimum absolute atomic E-state index is 0.109. The Bertz CT molecular complexity index is 664. The van der Waals surface area contributed by atoms with Crippen molar-refractivity contribution in [2.75, 3.05) is 12.9 Å². The van der Waals surface area contributed by atoms with Crippen molar-refractivity contribution in [2.45, 2.75) is 10.9 Å². The molecule has 21 heavy (non-hydrogen) atoms. The molecule has 2 atom stereocenters. The molecule has 2 aromatic carbocycles. The number of nitrogens with two attached hydrogens (primary N) is 1. The molecule has 112 valence electrons. The summed E-state index contributed by atoms with van der Waals surface area (Å²) in [6.45, 7) is 0. The molecule has 6 heteroatoms. The van der Waals surface area contributed by atoms with E-state index in [1.165, 1.54) is 6.07 Å². The predicted molar refractivity (Wildman–Crippen MR) is 77.6 cm³/mol. The van der Waals surface area contributed by atoms with E-state index in [1.54, 1.807) is 31.4 Å². The van der Waals surface area contributed by atoms with E-state index in [4.69, 9.17) is 10.5 Å². The van der Waals surface area contributed by atoms with Crippen LogP contribution >= 0.6 is 0 Å². The minimum Gasteiger partial charge on any atom is -0.497 e. The van der Waals surface area contributed by atoms with Gasteiger partial charge in [0.1, 0.15) is 5.75 Å². The molecule has 0 saturated carbocycles. The first-order chi connectivity index (χ1) is 10.0. The molecule has 3 nitrogen and oxygen atoms in total. The lowest BCUT2D eigenvalue weighted by molar-refractivity contribution is 0.414. The number of methoxy groups -OCH3 is 1. The van der Waals surface area contributed by atoms with E-state index >= 15 is 0 Å². The van der Waals surface area contributed by atoms with Crippen molar-refractivity contribution in [1.29, 1.82) is 0 Å². The van der Waals surface area contributed by atoms with E-state index < -0.39 is 28.5 Å². The van der Waals surface area contributed by atoms with E-state index in [9.17, 15) is 13.0 Å². The maximum Gasteiger partial charge on any atom is 0.160 e. The van der Waals surface area contributed by atoms with Gasteiger partial charge in [0.15, 0.2) is 11.6 Å². The molecule has 0 aromatic heterocycles. The van der Waals surface area contributed by atoms with Crippen molar-refractivity contribution in [3.8, 4) is 5.75 Å². The van der Waals surface area contributed by atoms with Crippen molar-refractivity contribution < 1.29 is 17.7 Å². The van der Waals surface area contributed by atoms with Crippen LogP contribution in [-0.4, -0.2) is 17.1 Å². The van der Waals surface area contributed by atoms with Crippen molar-refractivity contribution >= 4 is 10.8 Å². The van der Waals surface area contributed by atoms with Crippen LogP contribution in [0.1, 0.15) is 11.6 Å². The lowest BCUT2D eigenvalue weighted by Gasteiger charge is -2.13. The van der Waals surface area contributed by atoms with Gasteiger partial charge in [-0.2, -0.15) is 0 Å². The Hall–Kier alpha value is -1.79. The normalized spacial score (nSPS) is 13.7. The van der Waals surface area contributed by atoms with E-state index in [0.717, 1.165) is 17.7 Å². The summed E-state index contributed by atoms with van der Waals surface area (Å²) in [4.78, 5) is 0.215. The maximum atomic E-state index is 13.1. The Labute approximate surface area is 124 Å². The fourth-order valence-corrected chi connectivity index (χ4v) is 3.01. The van der Waals surface area contributed by atoms with E-state index in [1.807, 2.05) is 0 Å². The van der Waals surface area contributed by atoms with Gasteiger partial charge >= 0.3 is 0 Å². The standard InChI is InChI=1S/C15H15F2NO2S/c1-20-11-4-2-3-10(7-11)15(18)9-21(19)12-5-6-13(16)14(17)8-12/h2-8,15H,9,18H2,1H3. The third kappa shape index (κ3) is 3.86. The molecule has 0 heterocycles. The highest BCUT2D eigenvalue weighted by Crippen LogP contribution is 2.20. The van der Waals surface area contributed by atoms with Gasteiger partial charge < -0.3 is 10.5 Å². The molecule has 0 aliphatic heterocycles. The van der Waals surface area contributed by atoms with Gasteiger partial charge in [-0.15, -0.1) is 0 Å². The smallest absolute Gasteiger partial charge is 0.160 e. The van der Waals surface area contributed by atoms with Gasteiger partial charge in [0, 0.05) is 16.7 Å². The Morgan fingerprint density at radius 2 is 1.95 bits per heavy atom. The summed E-state index contributed by atoms with van der Waals surface area (Å²) < 4.78 is 43.3. The summed E-state index contributed by atoms with van der Waals surface area (Å²) >= 11 is 0. The molecule has 0 radical (unpaired) electrons. The molecule has 2 N–H and O–H groups in total. The van der Waals surface area contributed by atoms with Crippen molar-refractivity contribution in [3.63, 3.8) is 0 Å². The second kappa shape index (κ2) is 6.78. The maximum absolute atomic E-state index is 13.1. The molecular weight excluding hydrogens is 296 g/mol. The highest BCUT2D eigenvalue weighted by atomic mass is 32.2. The van der Waals surface area contributed by atoms with Crippen LogP contribution in [0.25, 0.3) is 0 Å². The molecular formula is C15H15F2NO2S. The summed E-state index contributed by atoms with van der Waals surface area (Å²) in [6.07, 6.45) is 0. The molecule has 0 spiro atoms. The lowest BCUT2D eigenvalue weighted by atomic mass is 10.1. The second-order valence-corrected chi connectivity index (χ2v) is 5.97. The van der Waals surface area contributed by atoms with Crippen LogP contribution in [0.4, 0.5) is 8.78 Å².